The molecule has 2 heterocycles. The van der Waals surface area contributed by atoms with E-state index in [4.69, 9.17) is 4.42 Å². The minimum atomic E-state index is -0.421. The molecule has 2 amide bonds. The first-order valence-corrected chi connectivity index (χ1v) is 8.91. The van der Waals surface area contributed by atoms with Crippen molar-refractivity contribution >= 4 is 29.4 Å². The Hall–Kier alpha value is -3.20. The number of amides is 2. The second kappa shape index (κ2) is 8.95. The fraction of sp³-hybridized carbons (Fsp3) is 0.111. The molecule has 0 bridgehead atoms. The fourth-order valence-electron chi connectivity index (χ4n) is 2.04. The molecule has 0 fully saturated rings. The maximum Gasteiger partial charge on any atom is 0.292 e. The Labute approximate surface area is 158 Å². The molecular formula is C18H15FN4O3S. The van der Waals surface area contributed by atoms with Crippen LogP contribution in [-0.4, -0.2) is 27.8 Å². The Kier molecular flexibility index (Phi) is 6.16. The van der Waals surface area contributed by atoms with E-state index >= 15 is 0 Å². The van der Waals surface area contributed by atoms with E-state index in [9.17, 15) is 14.0 Å². The Bertz CT molecular complexity index is 899. The second-order valence-electron chi connectivity index (χ2n) is 5.38. The monoisotopic (exact) mass is 386 g/mol. The lowest BCUT2D eigenvalue weighted by atomic mass is 10.2. The molecule has 0 saturated carbocycles. The first-order chi connectivity index (χ1) is 13.1. The maximum atomic E-state index is 12.8. The smallest absolute Gasteiger partial charge is 0.292 e. The standard InChI is InChI=1S/C18H15FN4O3S/c19-13-5-3-12(4-6-13)10-20-16(24)11-27-17-8-7-15(22-23-17)21-18(25)14-2-1-9-26-14/h1-9H,10-11H2,(H,20,24)(H,21,22,25). The van der Waals surface area contributed by atoms with E-state index < -0.39 is 5.91 Å². The highest BCUT2D eigenvalue weighted by molar-refractivity contribution is 7.99. The van der Waals surface area contributed by atoms with Gasteiger partial charge in [-0.1, -0.05) is 23.9 Å². The predicted octanol–water partition coefficient (Wildman–Crippen LogP) is 2.87. The molecule has 0 aliphatic carbocycles. The van der Waals surface area contributed by atoms with Gasteiger partial charge in [-0.05, 0) is 42.0 Å². The van der Waals surface area contributed by atoms with Gasteiger partial charge in [0.1, 0.15) is 10.8 Å². The summed E-state index contributed by atoms with van der Waals surface area (Å²) in [6.07, 6.45) is 1.40. The number of carbonyl (C=O) groups is 2. The number of hydrogen-bond donors (Lipinski definition) is 2. The average Bonchev–Trinajstić information content (AvgIpc) is 3.22. The van der Waals surface area contributed by atoms with Gasteiger partial charge in [-0.25, -0.2) is 4.39 Å². The molecule has 2 aromatic heterocycles. The van der Waals surface area contributed by atoms with Crippen molar-refractivity contribution in [1.29, 1.82) is 0 Å². The molecule has 27 heavy (non-hydrogen) atoms. The van der Waals surface area contributed by atoms with Crippen LogP contribution in [0.5, 0.6) is 0 Å². The molecule has 3 aromatic rings. The zero-order valence-electron chi connectivity index (χ0n) is 14.0. The van der Waals surface area contributed by atoms with E-state index in [-0.39, 0.29) is 29.1 Å². The number of carbonyl (C=O) groups excluding carboxylic acids is 2. The summed E-state index contributed by atoms with van der Waals surface area (Å²) < 4.78 is 17.8. The Morgan fingerprint density at radius 1 is 1.07 bits per heavy atom. The van der Waals surface area contributed by atoms with Gasteiger partial charge in [0.05, 0.1) is 12.0 Å². The molecule has 0 spiro atoms. The molecule has 0 aliphatic rings. The molecule has 9 heteroatoms. The molecule has 0 unspecified atom stereocenters. The van der Waals surface area contributed by atoms with Crippen LogP contribution in [0.15, 0.2) is 64.2 Å². The van der Waals surface area contributed by atoms with Crippen molar-refractivity contribution in [1.82, 2.24) is 15.5 Å². The summed E-state index contributed by atoms with van der Waals surface area (Å²) in [6, 6.07) is 12.3. The molecule has 7 nitrogen and oxygen atoms in total. The summed E-state index contributed by atoms with van der Waals surface area (Å²) in [7, 11) is 0. The van der Waals surface area contributed by atoms with Crippen LogP contribution in [0.4, 0.5) is 10.2 Å². The van der Waals surface area contributed by atoms with E-state index in [0.29, 0.717) is 11.6 Å². The molecule has 3 rings (SSSR count). The Morgan fingerprint density at radius 3 is 2.56 bits per heavy atom. The van der Waals surface area contributed by atoms with Crippen molar-refractivity contribution in [3.05, 3.63) is 71.9 Å². The molecule has 0 atom stereocenters. The summed E-state index contributed by atoms with van der Waals surface area (Å²) in [5.41, 5.74) is 0.811. The third kappa shape index (κ3) is 5.65. The number of hydrogen-bond acceptors (Lipinski definition) is 6. The van der Waals surface area contributed by atoms with E-state index in [1.807, 2.05) is 0 Å². The first-order valence-electron chi connectivity index (χ1n) is 7.93. The van der Waals surface area contributed by atoms with Gasteiger partial charge in [-0.3, -0.25) is 9.59 Å². The van der Waals surface area contributed by atoms with Crippen LogP contribution in [0.3, 0.4) is 0 Å². The van der Waals surface area contributed by atoms with Gasteiger partial charge in [0, 0.05) is 6.54 Å². The number of nitrogens with one attached hydrogen (secondary N) is 2. The lowest BCUT2D eigenvalue weighted by Crippen LogP contribution is -2.24. The average molecular weight is 386 g/mol. The Balaban J connectivity index is 1.43. The number of halogens is 1. The highest BCUT2D eigenvalue weighted by Gasteiger charge is 2.10. The third-order valence-corrected chi connectivity index (χ3v) is 4.30. The van der Waals surface area contributed by atoms with Gasteiger partial charge < -0.3 is 15.1 Å². The zero-order valence-corrected chi connectivity index (χ0v) is 14.8. The van der Waals surface area contributed by atoms with Gasteiger partial charge >= 0.3 is 0 Å². The van der Waals surface area contributed by atoms with Crippen LogP contribution in [0.25, 0.3) is 0 Å². The van der Waals surface area contributed by atoms with E-state index in [1.54, 1.807) is 30.3 Å². The third-order valence-electron chi connectivity index (χ3n) is 3.38. The second-order valence-corrected chi connectivity index (χ2v) is 6.38. The quantitative estimate of drug-likeness (QED) is 0.606. The number of nitrogens with zero attached hydrogens (tertiary/aromatic N) is 2. The van der Waals surface area contributed by atoms with Crippen molar-refractivity contribution in [3.63, 3.8) is 0 Å². The van der Waals surface area contributed by atoms with Crippen molar-refractivity contribution in [2.45, 2.75) is 11.6 Å². The van der Waals surface area contributed by atoms with Gasteiger partial charge in [0.25, 0.3) is 5.91 Å². The van der Waals surface area contributed by atoms with Crippen molar-refractivity contribution in [2.75, 3.05) is 11.1 Å². The lowest BCUT2D eigenvalue weighted by Gasteiger charge is -2.05. The lowest BCUT2D eigenvalue weighted by molar-refractivity contribution is -0.118. The topological polar surface area (TPSA) is 97.1 Å². The fourth-order valence-corrected chi connectivity index (χ4v) is 2.69. The van der Waals surface area contributed by atoms with Crippen LogP contribution in [-0.2, 0) is 11.3 Å². The number of aromatic nitrogens is 2. The number of furan rings is 1. The molecule has 0 aliphatic heterocycles. The molecule has 2 N–H and O–H groups in total. The molecule has 1 aromatic carbocycles. The van der Waals surface area contributed by atoms with Gasteiger partial charge in [0.15, 0.2) is 11.6 Å². The minimum Gasteiger partial charge on any atom is -0.459 e. The zero-order chi connectivity index (χ0) is 19.1. The SMILES string of the molecule is O=C(CSc1ccc(NC(=O)c2ccco2)nn1)NCc1ccc(F)cc1. The van der Waals surface area contributed by atoms with Crippen LogP contribution in [0, 0.1) is 5.82 Å². The first kappa shape index (κ1) is 18.6. The van der Waals surface area contributed by atoms with Crippen LogP contribution < -0.4 is 10.6 Å². The normalized spacial score (nSPS) is 10.4. The van der Waals surface area contributed by atoms with Gasteiger partial charge in [-0.15, -0.1) is 10.2 Å². The summed E-state index contributed by atoms with van der Waals surface area (Å²) in [5.74, 6) is -0.303. The maximum absolute atomic E-state index is 12.8. The van der Waals surface area contributed by atoms with E-state index in [1.165, 1.54) is 36.2 Å². The highest BCUT2D eigenvalue weighted by atomic mass is 32.2. The number of rotatable bonds is 7. The minimum absolute atomic E-state index is 0.161. The highest BCUT2D eigenvalue weighted by Crippen LogP contribution is 2.15. The number of benzene rings is 1. The summed E-state index contributed by atoms with van der Waals surface area (Å²) >= 11 is 1.21. The summed E-state index contributed by atoms with van der Waals surface area (Å²) in [6.45, 7) is 0.323. The summed E-state index contributed by atoms with van der Waals surface area (Å²) in [5, 5.41) is 13.7. The number of thioether (sulfide) groups is 1. The molecular weight excluding hydrogens is 371 g/mol. The molecule has 138 valence electrons. The van der Waals surface area contributed by atoms with Crippen molar-refractivity contribution in [3.8, 4) is 0 Å². The number of anilines is 1. The Morgan fingerprint density at radius 2 is 1.89 bits per heavy atom. The van der Waals surface area contributed by atoms with E-state index in [2.05, 4.69) is 20.8 Å². The van der Waals surface area contributed by atoms with E-state index in [0.717, 1.165) is 5.56 Å². The van der Waals surface area contributed by atoms with Crippen molar-refractivity contribution < 1.29 is 18.4 Å². The molecule has 0 radical (unpaired) electrons. The van der Waals surface area contributed by atoms with Crippen LogP contribution in [0.2, 0.25) is 0 Å². The largest absolute Gasteiger partial charge is 0.459 e. The van der Waals surface area contributed by atoms with Crippen LogP contribution in [0.1, 0.15) is 16.1 Å². The van der Waals surface area contributed by atoms with Gasteiger partial charge in [0.2, 0.25) is 5.91 Å². The van der Waals surface area contributed by atoms with Crippen LogP contribution >= 0.6 is 11.8 Å². The summed E-state index contributed by atoms with van der Waals surface area (Å²) in [4.78, 5) is 23.7. The molecule has 0 saturated heterocycles. The van der Waals surface area contributed by atoms with Gasteiger partial charge in [-0.2, -0.15) is 0 Å². The van der Waals surface area contributed by atoms with Crippen molar-refractivity contribution in [2.24, 2.45) is 0 Å². The predicted molar refractivity (Wildman–Crippen MR) is 97.7 cm³/mol.